The van der Waals surface area contributed by atoms with Crippen LogP contribution in [0.4, 0.5) is 18.9 Å². The lowest BCUT2D eigenvalue weighted by Crippen LogP contribution is -2.15. The molecule has 8 nitrogen and oxygen atoms in total. The largest absolute Gasteiger partial charge is 0.479 e. The minimum absolute atomic E-state index is 0.0411. The number of pyridine rings is 2. The van der Waals surface area contributed by atoms with Crippen molar-refractivity contribution in [1.29, 1.82) is 0 Å². The Morgan fingerprint density at radius 3 is 2.86 bits per heavy atom. The summed E-state index contributed by atoms with van der Waals surface area (Å²) in [5.41, 5.74) is 0.506. The van der Waals surface area contributed by atoms with E-state index in [9.17, 15) is 18.0 Å². The van der Waals surface area contributed by atoms with Crippen LogP contribution in [0.5, 0.6) is 11.8 Å². The Bertz CT molecular complexity index is 1060. The molecule has 0 radical (unpaired) electrons. The van der Waals surface area contributed by atoms with E-state index in [4.69, 9.17) is 9.47 Å². The number of alkyl halides is 2. The molecular formula is C17H17F3N4O4S. The normalized spacial score (nSPS) is 11.2. The van der Waals surface area contributed by atoms with Gasteiger partial charge in [-0.1, -0.05) is 0 Å². The first-order chi connectivity index (χ1) is 13.9. The van der Waals surface area contributed by atoms with Crippen molar-refractivity contribution in [3.8, 4) is 11.8 Å². The zero-order valence-electron chi connectivity index (χ0n) is 15.4. The molecule has 0 aliphatic heterocycles. The molecule has 12 heteroatoms. The Morgan fingerprint density at radius 2 is 2.14 bits per heavy atom. The van der Waals surface area contributed by atoms with Crippen molar-refractivity contribution in [2.45, 2.75) is 11.5 Å². The summed E-state index contributed by atoms with van der Waals surface area (Å²) in [7, 11) is 2.99. The lowest BCUT2D eigenvalue weighted by atomic mass is 10.3. The molecule has 156 valence electrons. The number of anilines is 1. The molecule has 3 aromatic rings. The first-order valence-electron chi connectivity index (χ1n) is 8.27. The van der Waals surface area contributed by atoms with Crippen molar-refractivity contribution < 1.29 is 27.4 Å². The van der Waals surface area contributed by atoms with E-state index in [-0.39, 0.29) is 23.7 Å². The van der Waals surface area contributed by atoms with Gasteiger partial charge in [-0.15, -0.1) is 0 Å². The number of nitrogens with one attached hydrogen (secondary N) is 2. The topological polar surface area (TPSA) is 90.4 Å². The molecule has 0 saturated carbocycles. The number of hydrogen-bond acceptors (Lipinski definition) is 7. The third-order valence-electron chi connectivity index (χ3n) is 3.82. The van der Waals surface area contributed by atoms with Crippen molar-refractivity contribution in [1.82, 2.24) is 14.5 Å². The van der Waals surface area contributed by atoms with Crippen molar-refractivity contribution >= 4 is 28.5 Å². The van der Waals surface area contributed by atoms with E-state index < -0.39 is 24.9 Å². The monoisotopic (exact) mass is 430 g/mol. The predicted octanol–water partition coefficient (Wildman–Crippen LogP) is 3.15. The number of rotatable bonds is 9. The minimum atomic E-state index is -2.93. The molecule has 3 rings (SSSR count). The molecule has 0 atom stereocenters. The van der Waals surface area contributed by atoms with Gasteiger partial charge in [-0.25, -0.2) is 4.39 Å². The maximum Gasteiger partial charge on any atom is 0.345 e. The number of methoxy groups -OCH3 is 1. The number of aromatic nitrogens is 3. The predicted molar refractivity (Wildman–Crippen MR) is 101 cm³/mol. The maximum absolute atomic E-state index is 14.2. The summed E-state index contributed by atoms with van der Waals surface area (Å²) >= 11 is 1.13. The van der Waals surface area contributed by atoms with E-state index in [2.05, 4.69) is 19.4 Å². The van der Waals surface area contributed by atoms with Gasteiger partial charge in [0.2, 0.25) is 5.88 Å². The van der Waals surface area contributed by atoms with Crippen LogP contribution < -0.4 is 19.8 Å². The van der Waals surface area contributed by atoms with Gasteiger partial charge in [-0.05, 0) is 18.0 Å². The minimum Gasteiger partial charge on any atom is -0.479 e. The van der Waals surface area contributed by atoms with Crippen LogP contribution in [0.15, 0.2) is 34.2 Å². The summed E-state index contributed by atoms with van der Waals surface area (Å²) in [5.74, 6) is -1.16. The van der Waals surface area contributed by atoms with Gasteiger partial charge in [0, 0.05) is 30.9 Å². The highest BCUT2D eigenvalue weighted by Crippen LogP contribution is 2.33. The molecule has 0 fully saturated rings. The van der Waals surface area contributed by atoms with Crippen molar-refractivity contribution in [2.24, 2.45) is 7.05 Å². The van der Waals surface area contributed by atoms with Crippen LogP contribution in [0.2, 0.25) is 0 Å². The van der Waals surface area contributed by atoms with Crippen LogP contribution in [-0.2, 0) is 11.8 Å². The molecule has 3 aromatic heterocycles. The van der Waals surface area contributed by atoms with Gasteiger partial charge in [-0.2, -0.15) is 13.8 Å². The number of aromatic amines is 1. The maximum atomic E-state index is 14.2. The highest BCUT2D eigenvalue weighted by molar-refractivity contribution is 8.00. The molecule has 0 spiro atoms. The molecule has 0 aromatic carbocycles. The highest BCUT2D eigenvalue weighted by atomic mass is 32.2. The number of ether oxygens (including phenoxy) is 3. The Hall–Kier alpha value is -2.86. The zero-order valence-corrected chi connectivity index (χ0v) is 16.2. The molecule has 29 heavy (non-hydrogen) atoms. The zero-order chi connectivity index (χ0) is 21.0. The fraction of sp³-hybridized carbons (Fsp3) is 0.294. The molecule has 0 saturated heterocycles. The molecule has 0 aliphatic rings. The average Bonchev–Trinajstić information content (AvgIpc) is 3.11. The van der Waals surface area contributed by atoms with Gasteiger partial charge in [0.25, 0.3) is 11.4 Å². The molecule has 0 bridgehead atoms. The fourth-order valence-corrected chi connectivity index (χ4v) is 3.21. The van der Waals surface area contributed by atoms with Crippen molar-refractivity contribution in [3.63, 3.8) is 0 Å². The summed E-state index contributed by atoms with van der Waals surface area (Å²) < 4.78 is 56.7. The number of fused-ring (bicyclic) bond motifs is 1. The van der Waals surface area contributed by atoms with Crippen molar-refractivity contribution in [3.05, 3.63) is 40.7 Å². The van der Waals surface area contributed by atoms with Crippen LogP contribution in [0.1, 0.15) is 0 Å². The van der Waals surface area contributed by atoms with Crippen LogP contribution in [-0.4, -0.2) is 41.5 Å². The van der Waals surface area contributed by atoms with Crippen LogP contribution in [0.3, 0.4) is 0 Å². The Labute approximate surface area is 167 Å². The van der Waals surface area contributed by atoms with Crippen LogP contribution in [0, 0.1) is 5.82 Å². The number of aryl methyl sites for hydroxylation is 1. The molecule has 0 unspecified atom stereocenters. The van der Waals surface area contributed by atoms with E-state index in [1.807, 2.05) is 0 Å². The second-order valence-corrected chi connectivity index (χ2v) is 6.54. The first-order valence-corrected chi connectivity index (χ1v) is 9.09. The second kappa shape index (κ2) is 9.09. The van der Waals surface area contributed by atoms with Gasteiger partial charge in [0.15, 0.2) is 5.82 Å². The molecule has 2 N–H and O–H groups in total. The van der Waals surface area contributed by atoms with Gasteiger partial charge < -0.3 is 28.5 Å². The molecular weight excluding hydrogens is 413 g/mol. The second-order valence-electron chi connectivity index (χ2n) is 5.69. The summed E-state index contributed by atoms with van der Waals surface area (Å²) in [5, 5.41) is 0.706. The summed E-state index contributed by atoms with van der Waals surface area (Å²) in [4.78, 5) is 19.6. The molecule has 0 aliphatic carbocycles. The quantitative estimate of drug-likeness (QED) is 0.398. The smallest absolute Gasteiger partial charge is 0.345 e. The van der Waals surface area contributed by atoms with E-state index in [0.717, 1.165) is 18.0 Å². The number of hydrogen-bond donors (Lipinski definition) is 2. The van der Waals surface area contributed by atoms with Gasteiger partial charge in [0.05, 0.1) is 18.6 Å². The van der Waals surface area contributed by atoms with Gasteiger partial charge >= 0.3 is 6.61 Å². The Kier molecular flexibility index (Phi) is 6.54. The summed E-state index contributed by atoms with van der Waals surface area (Å²) in [6.45, 7) is -3.65. The van der Waals surface area contributed by atoms with Crippen molar-refractivity contribution in [2.75, 3.05) is 25.0 Å². The summed E-state index contributed by atoms with van der Waals surface area (Å²) in [6, 6.07) is 2.89. The van der Waals surface area contributed by atoms with E-state index in [1.54, 1.807) is 25.5 Å². The van der Waals surface area contributed by atoms with E-state index >= 15 is 0 Å². The fourth-order valence-electron chi connectivity index (χ4n) is 2.45. The third kappa shape index (κ3) is 4.77. The Morgan fingerprint density at radius 1 is 1.34 bits per heavy atom. The number of halogens is 3. The van der Waals surface area contributed by atoms with Crippen LogP contribution in [0.25, 0.3) is 10.9 Å². The lowest BCUT2D eigenvalue weighted by Gasteiger charge is -2.12. The highest BCUT2D eigenvalue weighted by Gasteiger charge is 2.16. The lowest BCUT2D eigenvalue weighted by molar-refractivity contribution is -0.133. The standard InChI is InChI=1S/C17H17F3N4O4S/c1-24-4-3-9-12(8-21-13(9)16(24)25)29-23-11-7-10(18)14(22-15(11)26-2)27-5-6-28-17(19)20/h3-4,7-8,17,21,23H,5-6H2,1-2H3. The average molecular weight is 430 g/mol. The molecule has 3 heterocycles. The van der Waals surface area contributed by atoms with Gasteiger partial charge in [0.1, 0.15) is 17.8 Å². The third-order valence-corrected chi connectivity index (χ3v) is 4.70. The summed E-state index contributed by atoms with van der Waals surface area (Å²) in [6.07, 6.45) is 3.30. The van der Waals surface area contributed by atoms with Crippen LogP contribution >= 0.6 is 11.9 Å². The van der Waals surface area contributed by atoms with E-state index in [1.165, 1.54) is 11.7 Å². The number of H-pyrrole nitrogens is 1. The van der Waals surface area contributed by atoms with E-state index in [0.29, 0.717) is 15.8 Å². The molecule has 0 amide bonds. The number of nitrogens with zero attached hydrogens (tertiary/aromatic N) is 2. The Balaban J connectivity index is 1.73. The first kappa shape index (κ1) is 20.9. The van der Waals surface area contributed by atoms with Gasteiger partial charge in [-0.3, -0.25) is 4.79 Å². The SMILES string of the molecule is COc1nc(OCCOC(F)F)c(F)cc1NSc1c[nH]c2c(=O)n(C)ccc12.